The van der Waals surface area contributed by atoms with Gasteiger partial charge in [-0.2, -0.15) is 13.2 Å². The molecule has 1 atom stereocenters. The minimum Gasteiger partial charge on any atom is -0.312 e. The van der Waals surface area contributed by atoms with Crippen molar-refractivity contribution in [1.82, 2.24) is 4.90 Å². The summed E-state index contributed by atoms with van der Waals surface area (Å²) >= 11 is 44.4. The Morgan fingerprint density at radius 2 is 1.37 bits per heavy atom. The van der Waals surface area contributed by atoms with Crippen molar-refractivity contribution in [2.45, 2.75) is 16.1 Å². The Bertz CT molecular complexity index is 1510. The first-order valence-corrected chi connectivity index (χ1v) is 13.8. The van der Waals surface area contributed by atoms with E-state index in [-0.39, 0.29) is 37.2 Å². The Morgan fingerprint density at radius 1 is 0.829 bits per heavy atom. The van der Waals surface area contributed by atoms with Crippen LogP contribution in [0.1, 0.15) is 5.56 Å². The molecular formula is C25H14Cl7F3N4O2. The summed E-state index contributed by atoms with van der Waals surface area (Å²) in [4.78, 5) is 33.3. The quantitative estimate of drug-likeness (QED) is 0.196. The van der Waals surface area contributed by atoms with Gasteiger partial charge in [-0.1, -0.05) is 87.3 Å². The second kappa shape index (κ2) is 11.9. The molecule has 3 amide bonds. The molecule has 1 aliphatic rings. The van der Waals surface area contributed by atoms with Crippen LogP contribution in [0.2, 0.25) is 20.1 Å². The second-order valence-corrected chi connectivity index (χ2v) is 12.5. The summed E-state index contributed by atoms with van der Waals surface area (Å²) in [6, 6.07) is 11.5. The highest BCUT2D eigenvalue weighted by Gasteiger charge is 2.46. The predicted molar refractivity (Wildman–Crippen MR) is 159 cm³/mol. The Morgan fingerprint density at radius 3 is 1.83 bits per heavy atom. The molecule has 1 fully saturated rings. The van der Waals surface area contributed by atoms with Crippen molar-refractivity contribution < 1.29 is 22.8 Å². The third-order valence-corrected chi connectivity index (χ3v) is 7.40. The zero-order valence-corrected chi connectivity index (χ0v) is 25.5. The molecule has 6 nitrogen and oxygen atoms in total. The monoisotopic (exact) mass is 704 g/mol. The van der Waals surface area contributed by atoms with Crippen molar-refractivity contribution in [3.05, 3.63) is 86.3 Å². The Hall–Kier alpha value is -2.11. The number of rotatable bonds is 5. The van der Waals surface area contributed by atoms with E-state index in [1.807, 2.05) is 0 Å². The topological polar surface area (TPSA) is 56.2 Å². The molecule has 0 saturated carbocycles. The van der Waals surface area contributed by atoms with E-state index in [1.54, 1.807) is 0 Å². The number of aliphatic imine (C=N–C) groups is 1. The van der Waals surface area contributed by atoms with Crippen molar-refractivity contribution in [3.8, 4) is 0 Å². The van der Waals surface area contributed by atoms with E-state index in [9.17, 15) is 22.8 Å². The fraction of sp³-hybridized carbons (Fsp3) is 0.160. The van der Waals surface area contributed by atoms with Gasteiger partial charge < -0.3 is 4.90 Å². The number of nitrogens with zero attached hydrogens (tertiary/aromatic N) is 4. The average molecular weight is 708 g/mol. The third-order valence-electron chi connectivity index (χ3n) is 5.74. The first-order valence-electron chi connectivity index (χ1n) is 11.1. The molecular weight excluding hydrogens is 693 g/mol. The highest BCUT2D eigenvalue weighted by Crippen LogP contribution is 2.46. The number of carbonyl (C=O) groups is 2. The molecule has 16 heteroatoms. The summed E-state index contributed by atoms with van der Waals surface area (Å²) in [6.45, 7) is 0. The molecule has 3 aromatic carbocycles. The zero-order chi connectivity index (χ0) is 30.4. The number of amidine groups is 1. The van der Waals surface area contributed by atoms with Crippen LogP contribution in [0.5, 0.6) is 0 Å². The van der Waals surface area contributed by atoms with Crippen molar-refractivity contribution in [2.24, 2.45) is 4.99 Å². The molecule has 4 rings (SSSR count). The lowest BCUT2D eigenvalue weighted by Crippen LogP contribution is -2.43. The molecule has 1 saturated heterocycles. The standard InChI is InChI=1S/C25H14Cl7F3N4O2/c1-37-21(40)20(38(23(37)41)15-4-2-3-12(9-15)25(33,34)35)36-22(24(30,31)32)39(18-7-5-13(26)10-16(18)28)19-8-6-14(27)11-17(19)29/h2-11,22H,1H3. The number of carbonyl (C=O) groups excluding carboxylic acids is 2. The fourth-order valence-electron chi connectivity index (χ4n) is 3.88. The summed E-state index contributed by atoms with van der Waals surface area (Å²) in [6.07, 6.45) is -6.42. The number of anilines is 3. The van der Waals surface area contributed by atoms with Crippen molar-refractivity contribution in [3.63, 3.8) is 0 Å². The van der Waals surface area contributed by atoms with Gasteiger partial charge in [0.2, 0.25) is 9.63 Å². The number of halogens is 10. The Balaban J connectivity index is 1.99. The van der Waals surface area contributed by atoms with Crippen LogP contribution in [-0.4, -0.2) is 39.7 Å². The number of amides is 3. The minimum absolute atomic E-state index is 0.0589. The van der Waals surface area contributed by atoms with Crippen LogP contribution in [0.15, 0.2) is 65.7 Å². The van der Waals surface area contributed by atoms with Crippen molar-refractivity contribution in [2.75, 3.05) is 16.8 Å². The molecule has 1 aliphatic heterocycles. The molecule has 3 aromatic rings. The molecule has 216 valence electrons. The van der Waals surface area contributed by atoms with E-state index < -0.39 is 39.5 Å². The smallest absolute Gasteiger partial charge is 0.312 e. The SMILES string of the molecule is CN1C(=O)C(=NC(N(c2ccc(Cl)cc2Cl)c2ccc(Cl)cc2Cl)C(Cl)(Cl)Cl)N(c2cccc(C(F)(F)F)c2)C1=O. The largest absolute Gasteiger partial charge is 0.416 e. The second-order valence-electron chi connectivity index (χ2n) is 8.46. The maximum Gasteiger partial charge on any atom is 0.416 e. The van der Waals surface area contributed by atoms with E-state index in [0.29, 0.717) is 15.9 Å². The molecule has 1 heterocycles. The van der Waals surface area contributed by atoms with Crippen molar-refractivity contribution >= 4 is 116 Å². The molecule has 0 radical (unpaired) electrons. The molecule has 1 unspecified atom stereocenters. The van der Waals surface area contributed by atoms with Crippen molar-refractivity contribution in [1.29, 1.82) is 0 Å². The van der Waals surface area contributed by atoms with E-state index in [2.05, 4.69) is 4.99 Å². The lowest BCUT2D eigenvalue weighted by Gasteiger charge is -2.36. The van der Waals surface area contributed by atoms with Gasteiger partial charge in [-0.25, -0.2) is 14.7 Å². The van der Waals surface area contributed by atoms with E-state index in [4.69, 9.17) is 81.2 Å². The average Bonchev–Trinajstić information content (AvgIpc) is 3.07. The van der Waals surface area contributed by atoms with E-state index in [1.165, 1.54) is 47.4 Å². The van der Waals surface area contributed by atoms with Crippen LogP contribution in [-0.2, 0) is 11.0 Å². The van der Waals surface area contributed by atoms with Crippen LogP contribution in [0.4, 0.5) is 35.0 Å². The van der Waals surface area contributed by atoms with Gasteiger partial charge in [0, 0.05) is 17.1 Å². The van der Waals surface area contributed by atoms with Gasteiger partial charge in [0.25, 0.3) is 5.91 Å². The van der Waals surface area contributed by atoms with Gasteiger partial charge in [-0.15, -0.1) is 0 Å². The summed E-state index contributed by atoms with van der Waals surface area (Å²) in [5, 5.41) is 0.658. The fourth-order valence-corrected chi connectivity index (χ4v) is 5.32. The minimum atomic E-state index is -4.74. The van der Waals surface area contributed by atoms with E-state index in [0.717, 1.165) is 19.2 Å². The number of benzene rings is 3. The van der Waals surface area contributed by atoms with Gasteiger partial charge in [-0.05, 0) is 54.6 Å². The molecule has 0 bridgehead atoms. The summed E-state index contributed by atoms with van der Waals surface area (Å²) < 4.78 is 38.0. The van der Waals surface area contributed by atoms with E-state index >= 15 is 0 Å². The highest BCUT2D eigenvalue weighted by molar-refractivity contribution is 6.68. The Kier molecular flexibility index (Phi) is 9.22. The highest BCUT2D eigenvalue weighted by atomic mass is 35.6. The lowest BCUT2D eigenvalue weighted by atomic mass is 10.2. The van der Waals surface area contributed by atoms with Gasteiger partial charge in [0.05, 0.1) is 32.7 Å². The number of urea groups is 1. The summed E-state index contributed by atoms with van der Waals surface area (Å²) in [5.41, 5.74) is -1.04. The first kappa shape index (κ1) is 31.8. The maximum absolute atomic E-state index is 13.5. The third kappa shape index (κ3) is 6.62. The van der Waals surface area contributed by atoms with Gasteiger partial charge in [0.1, 0.15) is 0 Å². The number of hydrogen-bond acceptors (Lipinski definition) is 4. The van der Waals surface area contributed by atoms with Crippen LogP contribution in [0, 0.1) is 0 Å². The molecule has 0 aromatic heterocycles. The number of imide groups is 1. The molecule has 0 N–H and O–H groups in total. The number of alkyl halides is 6. The molecule has 0 aliphatic carbocycles. The van der Waals surface area contributed by atoms with Gasteiger partial charge in [0.15, 0.2) is 6.17 Å². The normalized spacial score (nSPS) is 16.1. The summed E-state index contributed by atoms with van der Waals surface area (Å²) in [5.74, 6) is -1.61. The van der Waals surface area contributed by atoms with Crippen LogP contribution in [0.3, 0.4) is 0 Å². The Labute approximate surface area is 266 Å². The molecule has 41 heavy (non-hydrogen) atoms. The zero-order valence-electron chi connectivity index (χ0n) is 20.2. The maximum atomic E-state index is 13.5. The van der Waals surface area contributed by atoms with Gasteiger partial charge >= 0.3 is 12.2 Å². The lowest BCUT2D eigenvalue weighted by molar-refractivity contribution is -0.137. The first-order chi connectivity index (χ1) is 19.0. The van der Waals surface area contributed by atoms with Crippen LogP contribution in [0.25, 0.3) is 0 Å². The van der Waals surface area contributed by atoms with Gasteiger partial charge in [-0.3, -0.25) is 9.69 Å². The number of likely N-dealkylation sites (N-methyl/N-ethyl adjacent to an activating group) is 1. The molecule has 0 spiro atoms. The number of hydrogen-bond donors (Lipinski definition) is 0. The van der Waals surface area contributed by atoms with Crippen LogP contribution >= 0.6 is 81.2 Å². The predicted octanol–water partition coefficient (Wildman–Crippen LogP) is 9.65. The van der Waals surface area contributed by atoms with Crippen LogP contribution < -0.4 is 9.80 Å². The summed E-state index contributed by atoms with van der Waals surface area (Å²) in [7, 11) is 1.13.